The minimum absolute atomic E-state index is 0.0810. The zero-order valence-electron chi connectivity index (χ0n) is 14.9. The number of carbonyl (C=O) groups is 3. The van der Waals surface area contributed by atoms with Crippen molar-refractivity contribution < 1.29 is 14.4 Å². The number of carbonyl (C=O) groups excluding carboxylic acids is 3. The number of nitrogens with one attached hydrogen (secondary N) is 2. The fraction of sp³-hybridized carbons (Fsp3) is 0.450. The summed E-state index contributed by atoms with van der Waals surface area (Å²) in [6.45, 7) is 1.88. The molecule has 136 valence electrons. The van der Waals surface area contributed by atoms with Crippen molar-refractivity contribution in [2.75, 3.05) is 13.1 Å². The van der Waals surface area contributed by atoms with Crippen molar-refractivity contribution in [1.82, 2.24) is 15.5 Å². The number of rotatable bonds is 3. The molecule has 1 aromatic carbocycles. The largest absolute Gasteiger partial charge is 0.344 e. The van der Waals surface area contributed by atoms with Gasteiger partial charge in [0.05, 0.1) is 6.54 Å². The van der Waals surface area contributed by atoms with Gasteiger partial charge in [-0.1, -0.05) is 49.8 Å². The molecule has 2 fully saturated rings. The van der Waals surface area contributed by atoms with Crippen LogP contribution in [0.1, 0.15) is 38.2 Å². The number of hydrogen-bond donors (Lipinski definition) is 2. The first kappa shape index (κ1) is 18.0. The summed E-state index contributed by atoms with van der Waals surface area (Å²) in [5, 5.41) is 5.48. The van der Waals surface area contributed by atoms with E-state index in [1.54, 1.807) is 0 Å². The molecule has 26 heavy (non-hydrogen) atoms. The van der Waals surface area contributed by atoms with Crippen LogP contribution in [0.2, 0.25) is 0 Å². The van der Waals surface area contributed by atoms with Crippen molar-refractivity contribution in [3.8, 4) is 11.8 Å². The Morgan fingerprint density at radius 1 is 1.31 bits per heavy atom. The normalized spacial score (nSPS) is 24.8. The van der Waals surface area contributed by atoms with Gasteiger partial charge in [0.25, 0.3) is 5.91 Å². The molecule has 1 aromatic rings. The van der Waals surface area contributed by atoms with Gasteiger partial charge in [-0.15, -0.1) is 0 Å². The molecule has 2 atom stereocenters. The number of urea groups is 1. The topological polar surface area (TPSA) is 78.5 Å². The molecule has 1 heterocycles. The smallest absolute Gasteiger partial charge is 0.325 e. The van der Waals surface area contributed by atoms with E-state index in [0.717, 1.165) is 29.7 Å². The van der Waals surface area contributed by atoms with Crippen LogP contribution >= 0.6 is 0 Å². The zero-order chi connectivity index (χ0) is 18.6. The number of nitrogens with zero attached hydrogens (tertiary/aromatic N) is 1. The lowest BCUT2D eigenvalue weighted by Crippen LogP contribution is -2.54. The summed E-state index contributed by atoms with van der Waals surface area (Å²) in [4.78, 5) is 38.2. The van der Waals surface area contributed by atoms with Crippen LogP contribution in [0.4, 0.5) is 4.79 Å². The summed E-state index contributed by atoms with van der Waals surface area (Å²) < 4.78 is 0. The highest BCUT2D eigenvalue weighted by molar-refractivity contribution is 6.09. The number of benzene rings is 1. The van der Waals surface area contributed by atoms with Gasteiger partial charge in [-0.2, -0.15) is 0 Å². The van der Waals surface area contributed by atoms with Crippen LogP contribution in [-0.4, -0.2) is 41.4 Å². The van der Waals surface area contributed by atoms with Gasteiger partial charge in [-0.3, -0.25) is 14.5 Å². The Labute approximate surface area is 153 Å². The fourth-order valence-electron chi connectivity index (χ4n) is 3.65. The van der Waals surface area contributed by atoms with Crippen LogP contribution in [0, 0.1) is 17.8 Å². The molecule has 2 unspecified atom stereocenters. The molecule has 1 saturated carbocycles. The number of amides is 4. The predicted molar refractivity (Wildman–Crippen MR) is 96.9 cm³/mol. The summed E-state index contributed by atoms with van der Waals surface area (Å²) in [7, 11) is 0. The third kappa shape index (κ3) is 3.57. The van der Waals surface area contributed by atoms with Crippen molar-refractivity contribution in [3.05, 3.63) is 35.9 Å². The van der Waals surface area contributed by atoms with Crippen LogP contribution in [0.15, 0.2) is 30.3 Å². The lowest BCUT2D eigenvalue weighted by atomic mass is 9.73. The van der Waals surface area contributed by atoms with E-state index in [2.05, 4.69) is 22.5 Å². The van der Waals surface area contributed by atoms with Gasteiger partial charge in [-0.05, 0) is 30.9 Å². The highest BCUT2D eigenvalue weighted by atomic mass is 16.2. The maximum atomic E-state index is 12.8. The highest BCUT2D eigenvalue weighted by Gasteiger charge is 2.55. The molecular weight excluding hydrogens is 330 g/mol. The highest BCUT2D eigenvalue weighted by Crippen LogP contribution is 2.38. The minimum atomic E-state index is -0.831. The van der Waals surface area contributed by atoms with E-state index in [-0.39, 0.29) is 24.9 Å². The molecule has 1 aliphatic carbocycles. The quantitative estimate of drug-likeness (QED) is 0.641. The first-order valence-corrected chi connectivity index (χ1v) is 8.97. The van der Waals surface area contributed by atoms with Crippen molar-refractivity contribution in [1.29, 1.82) is 0 Å². The van der Waals surface area contributed by atoms with Crippen LogP contribution < -0.4 is 10.6 Å². The van der Waals surface area contributed by atoms with Crippen LogP contribution in [0.5, 0.6) is 0 Å². The Hall–Kier alpha value is -2.81. The minimum Gasteiger partial charge on any atom is -0.344 e. The molecule has 1 saturated heterocycles. The second-order valence-corrected chi connectivity index (χ2v) is 6.88. The predicted octanol–water partition coefficient (Wildman–Crippen LogP) is 1.65. The molecular formula is C20H23N3O3. The summed E-state index contributed by atoms with van der Waals surface area (Å²) >= 11 is 0. The first-order valence-electron chi connectivity index (χ1n) is 8.97. The summed E-state index contributed by atoms with van der Waals surface area (Å²) in [5.41, 5.74) is 0.0343. The van der Waals surface area contributed by atoms with Gasteiger partial charge in [0.1, 0.15) is 12.1 Å². The van der Waals surface area contributed by atoms with Crippen molar-refractivity contribution in [2.24, 2.45) is 5.92 Å². The molecule has 0 radical (unpaired) electrons. The van der Waals surface area contributed by atoms with E-state index in [1.165, 1.54) is 0 Å². The van der Waals surface area contributed by atoms with Crippen LogP contribution in [0.3, 0.4) is 0 Å². The van der Waals surface area contributed by atoms with Gasteiger partial charge >= 0.3 is 6.03 Å². The third-order valence-electron chi connectivity index (χ3n) is 5.18. The molecule has 2 N–H and O–H groups in total. The Morgan fingerprint density at radius 3 is 2.81 bits per heavy atom. The summed E-state index contributed by atoms with van der Waals surface area (Å²) in [6.07, 6.45) is 3.51. The maximum absolute atomic E-state index is 12.8. The van der Waals surface area contributed by atoms with Crippen LogP contribution in [-0.2, 0) is 9.59 Å². The Balaban J connectivity index is 1.55. The van der Waals surface area contributed by atoms with E-state index in [9.17, 15) is 14.4 Å². The van der Waals surface area contributed by atoms with Crippen molar-refractivity contribution in [2.45, 2.75) is 38.1 Å². The average Bonchev–Trinajstić information content (AvgIpc) is 2.87. The number of imide groups is 1. The monoisotopic (exact) mass is 353 g/mol. The standard InChI is InChI=1S/C20H23N3O3/c1-15-8-5-6-12-20(15)18(25)23(19(26)22-20)14-17(24)21-13-7-11-16-9-3-2-4-10-16/h2-4,9-10,15H,5-6,8,12-14H2,1H3,(H,21,24)(H,22,26). The Bertz CT molecular complexity index is 766. The second-order valence-electron chi connectivity index (χ2n) is 6.88. The van der Waals surface area contributed by atoms with E-state index in [1.807, 2.05) is 37.3 Å². The molecule has 0 bridgehead atoms. The van der Waals surface area contributed by atoms with E-state index >= 15 is 0 Å². The molecule has 0 aromatic heterocycles. The van der Waals surface area contributed by atoms with Gasteiger partial charge < -0.3 is 10.6 Å². The van der Waals surface area contributed by atoms with E-state index < -0.39 is 17.5 Å². The van der Waals surface area contributed by atoms with Gasteiger partial charge in [0.2, 0.25) is 5.91 Å². The SMILES string of the molecule is CC1CCCCC12NC(=O)N(CC(=O)NCC#Cc1ccccc1)C2=O. The molecule has 4 amide bonds. The lowest BCUT2D eigenvalue weighted by molar-refractivity contribution is -0.137. The zero-order valence-corrected chi connectivity index (χ0v) is 14.9. The molecule has 6 heteroatoms. The Kier molecular flexibility index (Phi) is 5.27. The average molecular weight is 353 g/mol. The van der Waals surface area contributed by atoms with E-state index in [0.29, 0.717) is 6.42 Å². The Morgan fingerprint density at radius 2 is 2.08 bits per heavy atom. The molecule has 1 aliphatic heterocycles. The first-order chi connectivity index (χ1) is 12.5. The number of hydrogen-bond acceptors (Lipinski definition) is 3. The van der Waals surface area contributed by atoms with Gasteiger partial charge in [0, 0.05) is 5.56 Å². The van der Waals surface area contributed by atoms with Crippen molar-refractivity contribution in [3.63, 3.8) is 0 Å². The maximum Gasteiger partial charge on any atom is 0.325 e. The fourth-order valence-corrected chi connectivity index (χ4v) is 3.65. The molecule has 2 aliphatic rings. The van der Waals surface area contributed by atoms with Gasteiger partial charge in [-0.25, -0.2) is 4.79 Å². The van der Waals surface area contributed by atoms with Gasteiger partial charge in [0.15, 0.2) is 0 Å². The lowest BCUT2D eigenvalue weighted by Gasteiger charge is -2.36. The van der Waals surface area contributed by atoms with Crippen LogP contribution in [0.25, 0.3) is 0 Å². The van der Waals surface area contributed by atoms with E-state index in [4.69, 9.17) is 0 Å². The summed E-state index contributed by atoms with van der Waals surface area (Å²) in [5.74, 6) is 5.21. The molecule has 1 spiro atoms. The third-order valence-corrected chi connectivity index (χ3v) is 5.18. The molecule has 3 rings (SSSR count). The molecule has 6 nitrogen and oxygen atoms in total. The summed E-state index contributed by atoms with van der Waals surface area (Å²) in [6, 6.07) is 8.98. The second kappa shape index (κ2) is 7.61. The van der Waals surface area contributed by atoms with Crippen molar-refractivity contribution >= 4 is 17.8 Å².